The van der Waals surface area contributed by atoms with Crippen molar-refractivity contribution in [1.29, 1.82) is 0 Å². The SMILES string of the molecule is Cc1occc1-c1nnc(SCC(=O)N2C[C@H](C)O[C@@H](C)C2)o1. The molecular formula is C15H19N3O4S. The monoisotopic (exact) mass is 337 g/mol. The summed E-state index contributed by atoms with van der Waals surface area (Å²) in [6.45, 7) is 7.01. The highest BCUT2D eigenvalue weighted by molar-refractivity contribution is 7.99. The number of rotatable bonds is 4. The van der Waals surface area contributed by atoms with Gasteiger partial charge in [0.2, 0.25) is 5.91 Å². The van der Waals surface area contributed by atoms with Gasteiger partial charge >= 0.3 is 0 Å². The van der Waals surface area contributed by atoms with E-state index < -0.39 is 0 Å². The van der Waals surface area contributed by atoms with E-state index in [9.17, 15) is 4.79 Å². The molecule has 124 valence electrons. The van der Waals surface area contributed by atoms with Gasteiger partial charge in [-0.2, -0.15) is 0 Å². The molecular weight excluding hydrogens is 318 g/mol. The Morgan fingerprint density at radius 2 is 2.09 bits per heavy atom. The fraction of sp³-hybridized carbons (Fsp3) is 0.533. The van der Waals surface area contributed by atoms with Crippen LogP contribution in [0.5, 0.6) is 0 Å². The van der Waals surface area contributed by atoms with Gasteiger partial charge in [0.25, 0.3) is 11.1 Å². The minimum Gasteiger partial charge on any atom is -0.469 e. The quantitative estimate of drug-likeness (QED) is 0.792. The first-order chi connectivity index (χ1) is 11.0. The summed E-state index contributed by atoms with van der Waals surface area (Å²) < 4.78 is 16.4. The number of amides is 1. The van der Waals surface area contributed by atoms with E-state index >= 15 is 0 Å². The number of hydrogen-bond acceptors (Lipinski definition) is 7. The third-order valence-corrected chi connectivity index (χ3v) is 4.39. The van der Waals surface area contributed by atoms with Crippen molar-refractivity contribution in [3.63, 3.8) is 0 Å². The van der Waals surface area contributed by atoms with Crippen LogP contribution in [0.15, 0.2) is 26.4 Å². The minimum absolute atomic E-state index is 0.0521. The van der Waals surface area contributed by atoms with Crippen LogP contribution in [0.1, 0.15) is 19.6 Å². The van der Waals surface area contributed by atoms with Gasteiger partial charge in [0.05, 0.1) is 29.8 Å². The summed E-state index contributed by atoms with van der Waals surface area (Å²) in [7, 11) is 0. The van der Waals surface area contributed by atoms with E-state index in [4.69, 9.17) is 13.6 Å². The van der Waals surface area contributed by atoms with E-state index in [0.717, 1.165) is 11.3 Å². The number of aryl methyl sites for hydroxylation is 1. The normalized spacial score (nSPS) is 21.6. The maximum absolute atomic E-state index is 12.3. The highest BCUT2D eigenvalue weighted by Crippen LogP contribution is 2.26. The zero-order chi connectivity index (χ0) is 16.4. The first kappa shape index (κ1) is 16.1. The number of nitrogens with zero attached hydrogens (tertiary/aromatic N) is 3. The minimum atomic E-state index is 0.0521. The van der Waals surface area contributed by atoms with Gasteiger partial charge in [-0.25, -0.2) is 0 Å². The maximum atomic E-state index is 12.3. The summed E-state index contributed by atoms with van der Waals surface area (Å²) >= 11 is 1.25. The second-order valence-corrected chi connectivity index (χ2v) is 6.53. The van der Waals surface area contributed by atoms with E-state index in [-0.39, 0.29) is 23.9 Å². The van der Waals surface area contributed by atoms with E-state index in [1.165, 1.54) is 11.8 Å². The van der Waals surface area contributed by atoms with Gasteiger partial charge in [-0.1, -0.05) is 11.8 Å². The van der Waals surface area contributed by atoms with Crippen molar-refractivity contribution in [3.05, 3.63) is 18.1 Å². The summed E-state index contributed by atoms with van der Waals surface area (Å²) in [5.41, 5.74) is 0.770. The second-order valence-electron chi connectivity index (χ2n) is 5.61. The van der Waals surface area contributed by atoms with Crippen molar-refractivity contribution in [2.24, 2.45) is 0 Å². The van der Waals surface area contributed by atoms with Gasteiger partial charge in [-0.15, -0.1) is 10.2 Å². The lowest BCUT2D eigenvalue weighted by Crippen LogP contribution is -2.48. The van der Waals surface area contributed by atoms with Crippen molar-refractivity contribution in [2.75, 3.05) is 18.8 Å². The fourth-order valence-corrected chi connectivity index (χ4v) is 3.25. The second kappa shape index (κ2) is 6.76. The highest BCUT2D eigenvalue weighted by Gasteiger charge is 2.26. The first-order valence-electron chi connectivity index (χ1n) is 7.47. The van der Waals surface area contributed by atoms with Crippen LogP contribution in [0.3, 0.4) is 0 Å². The van der Waals surface area contributed by atoms with Crippen molar-refractivity contribution in [1.82, 2.24) is 15.1 Å². The fourth-order valence-electron chi connectivity index (χ4n) is 2.58. The molecule has 3 heterocycles. The first-order valence-corrected chi connectivity index (χ1v) is 8.45. The lowest BCUT2D eigenvalue weighted by atomic mass is 10.2. The molecule has 1 aliphatic rings. The molecule has 23 heavy (non-hydrogen) atoms. The largest absolute Gasteiger partial charge is 0.469 e. The molecule has 2 atom stereocenters. The molecule has 0 N–H and O–H groups in total. The third-order valence-electron chi connectivity index (χ3n) is 3.59. The molecule has 1 aliphatic heterocycles. The number of carbonyl (C=O) groups excluding carboxylic acids is 1. The third kappa shape index (κ3) is 3.76. The average Bonchev–Trinajstić information content (AvgIpc) is 3.12. The molecule has 0 unspecified atom stereocenters. The van der Waals surface area contributed by atoms with Crippen molar-refractivity contribution >= 4 is 17.7 Å². The zero-order valence-electron chi connectivity index (χ0n) is 13.3. The number of thioether (sulfide) groups is 1. The summed E-state index contributed by atoms with van der Waals surface area (Å²) in [5.74, 6) is 1.44. The Morgan fingerprint density at radius 1 is 1.35 bits per heavy atom. The molecule has 0 saturated carbocycles. The molecule has 1 amide bonds. The molecule has 1 fully saturated rings. The van der Waals surface area contributed by atoms with Crippen LogP contribution in [-0.2, 0) is 9.53 Å². The number of ether oxygens (including phenoxy) is 1. The molecule has 7 nitrogen and oxygen atoms in total. The Kier molecular flexibility index (Phi) is 4.72. The Bertz CT molecular complexity index is 674. The molecule has 2 aromatic heterocycles. The van der Waals surface area contributed by atoms with Crippen LogP contribution in [-0.4, -0.2) is 52.1 Å². The predicted octanol–water partition coefficient (Wildman–Crippen LogP) is 2.37. The Labute approximate surface area is 138 Å². The highest BCUT2D eigenvalue weighted by atomic mass is 32.2. The summed E-state index contributed by atoms with van der Waals surface area (Å²) in [4.78, 5) is 14.1. The van der Waals surface area contributed by atoms with Crippen LogP contribution in [0.25, 0.3) is 11.5 Å². The van der Waals surface area contributed by atoms with E-state index in [2.05, 4.69) is 10.2 Å². The van der Waals surface area contributed by atoms with Crippen LogP contribution in [0.4, 0.5) is 0 Å². The Balaban J connectivity index is 1.57. The van der Waals surface area contributed by atoms with Crippen LogP contribution < -0.4 is 0 Å². The molecule has 0 bridgehead atoms. The summed E-state index contributed by atoms with van der Waals surface area (Å²) in [6, 6.07) is 1.78. The van der Waals surface area contributed by atoms with E-state index in [1.807, 2.05) is 25.7 Å². The average molecular weight is 337 g/mol. The predicted molar refractivity (Wildman–Crippen MR) is 84.1 cm³/mol. The molecule has 0 spiro atoms. The van der Waals surface area contributed by atoms with E-state index in [0.29, 0.717) is 24.2 Å². The lowest BCUT2D eigenvalue weighted by molar-refractivity contribution is -0.140. The molecule has 0 aromatic carbocycles. The topological polar surface area (TPSA) is 81.6 Å². The summed E-state index contributed by atoms with van der Waals surface area (Å²) in [5, 5.41) is 8.34. The van der Waals surface area contributed by atoms with Crippen LogP contribution in [0.2, 0.25) is 0 Å². The van der Waals surface area contributed by atoms with Crippen molar-refractivity contribution in [2.45, 2.75) is 38.2 Å². The standard InChI is InChI=1S/C15H19N3O4S/c1-9-6-18(7-10(2)21-9)13(19)8-23-15-17-16-14(22-15)12-4-5-20-11(12)3/h4-5,9-10H,6-8H2,1-3H3/t9-,10-/m0/s1. The molecule has 0 aliphatic carbocycles. The number of aromatic nitrogens is 2. The van der Waals surface area contributed by atoms with Gasteiger partial charge in [0.1, 0.15) is 5.76 Å². The van der Waals surface area contributed by atoms with Gasteiger partial charge in [0.15, 0.2) is 0 Å². The molecule has 8 heteroatoms. The van der Waals surface area contributed by atoms with Gasteiger partial charge in [-0.05, 0) is 26.8 Å². The van der Waals surface area contributed by atoms with Crippen LogP contribution >= 0.6 is 11.8 Å². The number of furan rings is 1. The Morgan fingerprint density at radius 3 is 2.74 bits per heavy atom. The smallest absolute Gasteiger partial charge is 0.277 e. The number of carbonyl (C=O) groups is 1. The van der Waals surface area contributed by atoms with E-state index in [1.54, 1.807) is 12.3 Å². The van der Waals surface area contributed by atoms with Gasteiger partial charge in [-0.3, -0.25) is 4.79 Å². The molecule has 1 saturated heterocycles. The number of hydrogen-bond donors (Lipinski definition) is 0. The molecule has 0 radical (unpaired) electrons. The van der Waals surface area contributed by atoms with Crippen LogP contribution in [0, 0.1) is 6.92 Å². The maximum Gasteiger partial charge on any atom is 0.277 e. The van der Waals surface area contributed by atoms with Crippen molar-refractivity contribution < 1.29 is 18.4 Å². The molecule has 2 aromatic rings. The van der Waals surface area contributed by atoms with Gasteiger partial charge in [0, 0.05) is 13.1 Å². The van der Waals surface area contributed by atoms with Gasteiger partial charge < -0.3 is 18.5 Å². The lowest BCUT2D eigenvalue weighted by Gasteiger charge is -2.35. The molecule has 3 rings (SSSR count). The summed E-state index contributed by atoms with van der Waals surface area (Å²) in [6.07, 6.45) is 1.70. The zero-order valence-corrected chi connectivity index (χ0v) is 14.1. The Hall–Kier alpha value is -1.80. The van der Waals surface area contributed by atoms with Crippen molar-refractivity contribution in [3.8, 4) is 11.5 Å². The number of morpholine rings is 1.